The molecule has 0 spiro atoms. The Bertz CT molecular complexity index is 1330. The number of rotatable bonds is 6. The van der Waals surface area contributed by atoms with Crippen LogP contribution in [0.1, 0.15) is 16.7 Å². The highest BCUT2D eigenvalue weighted by molar-refractivity contribution is 7.92. The summed E-state index contributed by atoms with van der Waals surface area (Å²) in [5.74, 6) is -2.62. The van der Waals surface area contributed by atoms with E-state index < -0.39 is 68.2 Å². The maximum atomic E-state index is 13.9. The summed E-state index contributed by atoms with van der Waals surface area (Å²) < 4.78 is 123. The van der Waals surface area contributed by atoms with Crippen LogP contribution in [-0.4, -0.2) is 45.3 Å². The number of carbonyl (C=O) groups excluding carboxylic acids is 1. The average molecular weight is 553 g/mol. The summed E-state index contributed by atoms with van der Waals surface area (Å²) in [6.07, 6.45) is -10.8. The molecule has 1 amide bonds. The van der Waals surface area contributed by atoms with Gasteiger partial charge in [0.15, 0.2) is 15.6 Å². The molecule has 0 bridgehead atoms. The lowest BCUT2D eigenvalue weighted by molar-refractivity contribution is -0.143. The largest absolute Gasteiger partial charge is 0.420 e. The summed E-state index contributed by atoms with van der Waals surface area (Å²) in [7, 11) is -2.23. The van der Waals surface area contributed by atoms with Crippen molar-refractivity contribution in [2.45, 2.75) is 18.4 Å². The van der Waals surface area contributed by atoms with Crippen LogP contribution >= 0.6 is 0 Å². The Morgan fingerprint density at radius 1 is 1.08 bits per heavy atom. The van der Waals surface area contributed by atoms with Gasteiger partial charge >= 0.3 is 18.4 Å². The van der Waals surface area contributed by atoms with Crippen molar-refractivity contribution >= 4 is 33.4 Å². The first kappa shape index (κ1) is 28.0. The number of carbonyl (C=O) groups is 1. The Labute approximate surface area is 205 Å². The molecule has 0 aromatic heterocycles. The zero-order chi connectivity index (χ0) is 27.8. The molecule has 1 aliphatic heterocycles. The predicted molar refractivity (Wildman–Crippen MR) is 120 cm³/mol. The maximum absolute atomic E-state index is 13.9. The van der Waals surface area contributed by atoms with Crippen molar-refractivity contribution in [1.29, 1.82) is 5.41 Å². The molecule has 15 heteroatoms. The second kappa shape index (κ2) is 10.0. The highest BCUT2D eigenvalue weighted by atomic mass is 32.2. The van der Waals surface area contributed by atoms with Crippen molar-refractivity contribution in [3.63, 3.8) is 0 Å². The minimum atomic E-state index is -5.41. The van der Waals surface area contributed by atoms with E-state index in [1.165, 1.54) is 0 Å². The Morgan fingerprint density at radius 3 is 2.16 bits per heavy atom. The molecule has 1 fully saturated rings. The first-order chi connectivity index (χ1) is 17.0. The Morgan fingerprint density at radius 2 is 1.68 bits per heavy atom. The monoisotopic (exact) mass is 553 g/mol. The molecule has 0 saturated carbocycles. The molecule has 0 radical (unpaired) electrons. The van der Waals surface area contributed by atoms with Gasteiger partial charge in [-0.2, -0.15) is 26.3 Å². The Hall–Kier alpha value is -3.62. The minimum absolute atomic E-state index is 0.00380. The molecule has 1 saturated heterocycles. The fourth-order valence-electron chi connectivity index (χ4n) is 3.32. The van der Waals surface area contributed by atoms with Crippen molar-refractivity contribution in [3.05, 3.63) is 65.1 Å². The highest BCUT2D eigenvalue weighted by Gasteiger charge is 2.42. The van der Waals surface area contributed by atoms with E-state index in [-0.39, 0.29) is 29.3 Å². The van der Waals surface area contributed by atoms with Gasteiger partial charge in [0.25, 0.3) is 0 Å². The van der Waals surface area contributed by atoms with Crippen LogP contribution in [0.4, 0.5) is 41.2 Å². The number of amides is 1. The van der Waals surface area contributed by atoms with E-state index in [9.17, 15) is 43.9 Å². The highest BCUT2D eigenvalue weighted by Crippen LogP contribution is 2.44. The number of nitrogens with one attached hydrogen (secondary N) is 2. The van der Waals surface area contributed by atoms with E-state index in [4.69, 9.17) is 10.1 Å². The van der Waals surface area contributed by atoms with E-state index in [1.807, 2.05) is 0 Å². The Balaban J connectivity index is 2.12. The van der Waals surface area contributed by atoms with Crippen LogP contribution in [0.5, 0.6) is 5.75 Å². The molecule has 1 aliphatic rings. The molecule has 200 valence electrons. The van der Waals surface area contributed by atoms with Crippen LogP contribution in [0.3, 0.4) is 0 Å². The van der Waals surface area contributed by atoms with E-state index in [2.05, 4.69) is 5.32 Å². The molecule has 0 aliphatic carbocycles. The summed E-state index contributed by atoms with van der Waals surface area (Å²) in [5.41, 5.74) is -5.09. The number of alkyl halides is 6. The molecule has 2 aromatic carbocycles. The number of ether oxygens (including phenoxy) is 1. The van der Waals surface area contributed by atoms with Crippen molar-refractivity contribution < 1.29 is 48.7 Å². The van der Waals surface area contributed by atoms with E-state index >= 15 is 0 Å². The summed E-state index contributed by atoms with van der Waals surface area (Å²) in [6.45, 7) is 0. The molecule has 0 unspecified atom stereocenters. The number of anilines is 1. The molecule has 3 rings (SSSR count). The smallest absolute Gasteiger partial charge is 0.409 e. The summed E-state index contributed by atoms with van der Waals surface area (Å²) in [5, 5.41) is 10.1. The van der Waals surface area contributed by atoms with Gasteiger partial charge in [-0.15, -0.1) is 0 Å². The molecular weight excluding hydrogens is 535 g/mol. The summed E-state index contributed by atoms with van der Waals surface area (Å²) >= 11 is 0. The molecule has 0 atom stereocenters. The fraction of sp³-hybridized carbons (Fsp3) is 0.273. The van der Waals surface area contributed by atoms with E-state index in [0.29, 0.717) is 11.1 Å². The lowest BCUT2D eigenvalue weighted by Crippen LogP contribution is -2.49. The number of allylic oxidation sites excluding steroid dienone is 1. The van der Waals surface area contributed by atoms with Crippen molar-refractivity contribution in [3.8, 4) is 5.75 Å². The fourth-order valence-corrected chi connectivity index (χ4v) is 4.64. The number of halogens is 7. The van der Waals surface area contributed by atoms with Gasteiger partial charge < -0.3 is 15.5 Å². The van der Waals surface area contributed by atoms with Gasteiger partial charge in [0, 0.05) is 36.3 Å². The van der Waals surface area contributed by atoms with E-state index in [0.717, 1.165) is 37.5 Å². The van der Waals surface area contributed by atoms with Gasteiger partial charge in [0.05, 0.1) is 28.7 Å². The van der Waals surface area contributed by atoms with Crippen LogP contribution in [0.15, 0.2) is 42.6 Å². The number of nitrogens with zero attached hydrogens (tertiary/aromatic N) is 1. The zero-order valence-corrected chi connectivity index (χ0v) is 19.6. The first-order valence-electron chi connectivity index (χ1n) is 10.2. The third-order valence-electron chi connectivity index (χ3n) is 5.25. The molecule has 2 aromatic rings. The molecular formula is C22H18F7N3O4S. The summed E-state index contributed by atoms with van der Waals surface area (Å²) in [4.78, 5) is 13.4. The maximum Gasteiger partial charge on any atom is 0.420 e. The lowest BCUT2D eigenvalue weighted by atomic mass is 9.98. The first-order valence-corrected chi connectivity index (χ1v) is 12.0. The van der Waals surface area contributed by atoms with Crippen LogP contribution in [-0.2, 0) is 22.2 Å². The van der Waals surface area contributed by atoms with Crippen molar-refractivity contribution in [2.24, 2.45) is 0 Å². The second-order valence-electron chi connectivity index (χ2n) is 7.98. The van der Waals surface area contributed by atoms with Gasteiger partial charge in [-0.25, -0.2) is 17.6 Å². The second-order valence-corrected chi connectivity index (χ2v) is 10.1. The number of hydrogen-bond donors (Lipinski definition) is 2. The third kappa shape index (κ3) is 6.58. The van der Waals surface area contributed by atoms with Crippen LogP contribution in [0, 0.1) is 11.2 Å². The van der Waals surface area contributed by atoms with Gasteiger partial charge in [0.2, 0.25) is 0 Å². The summed E-state index contributed by atoms with van der Waals surface area (Å²) in [6, 6.07) is 3.55. The van der Waals surface area contributed by atoms with Crippen LogP contribution in [0.25, 0.3) is 5.57 Å². The van der Waals surface area contributed by atoms with Gasteiger partial charge in [-0.3, -0.25) is 4.90 Å². The standard InChI is InChI=1S/C22H18F7N3O4S/c1-32(16-4-2-14(23)3-5-16)20(33)36-19-17(12(8-30)9-31-15-10-37(34,35)11-15)6-13(21(24,25)26)7-18(19)22(27,28)29/h2-9,15,30-31H,10-11H2,1H3/b12-9+,30-8?. The van der Waals surface area contributed by atoms with Gasteiger partial charge in [-0.05, 0) is 36.4 Å². The Kier molecular flexibility index (Phi) is 7.58. The minimum Gasteiger partial charge on any atom is -0.409 e. The topological polar surface area (TPSA) is 99.6 Å². The van der Waals surface area contributed by atoms with Crippen LogP contribution < -0.4 is 15.0 Å². The molecule has 7 nitrogen and oxygen atoms in total. The van der Waals surface area contributed by atoms with Crippen LogP contribution in [0.2, 0.25) is 0 Å². The molecule has 2 N–H and O–H groups in total. The average Bonchev–Trinajstić information content (AvgIpc) is 2.77. The van der Waals surface area contributed by atoms with E-state index in [1.54, 1.807) is 0 Å². The third-order valence-corrected chi connectivity index (χ3v) is 7.07. The normalized spacial score (nSPS) is 16.1. The number of benzene rings is 2. The SMILES string of the molecule is CN(C(=O)Oc1c(/C(C=N)=C/NC2CS(=O)(=O)C2)cc(C(F)(F)F)cc1C(F)(F)F)c1ccc(F)cc1. The van der Waals surface area contributed by atoms with Gasteiger partial charge in [0.1, 0.15) is 5.82 Å². The lowest BCUT2D eigenvalue weighted by Gasteiger charge is -2.26. The number of hydrogen-bond acceptors (Lipinski definition) is 6. The van der Waals surface area contributed by atoms with Crippen molar-refractivity contribution in [2.75, 3.05) is 23.5 Å². The zero-order valence-electron chi connectivity index (χ0n) is 18.7. The predicted octanol–water partition coefficient (Wildman–Crippen LogP) is 4.88. The molecule has 1 heterocycles. The quantitative estimate of drug-likeness (QED) is 0.393. The molecule has 37 heavy (non-hydrogen) atoms. The van der Waals surface area contributed by atoms with Crippen molar-refractivity contribution in [1.82, 2.24) is 5.32 Å². The number of sulfone groups is 1. The van der Waals surface area contributed by atoms with Gasteiger partial charge in [-0.1, -0.05) is 0 Å².